The zero-order chi connectivity index (χ0) is 14.8. The standard InChI is InChI=1S/C14H26N2O4/c1-20-10-4-8-15-13(17)11-16-9-3-2-5-12(16)6-7-14(18)19/h12H,2-11H2,1H3,(H,15,17)(H,18,19). The first-order valence-corrected chi connectivity index (χ1v) is 7.35. The molecule has 0 aliphatic carbocycles. The second-order valence-corrected chi connectivity index (χ2v) is 5.25. The fourth-order valence-corrected chi connectivity index (χ4v) is 2.57. The van der Waals surface area contributed by atoms with Gasteiger partial charge in [-0.3, -0.25) is 14.5 Å². The number of hydrogen-bond acceptors (Lipinski definition) is 4. The van der Waals surface area contributed by atoms with E-state index in [-0.39, 0.29) is 18.4 Å². The van der Waals surface area contributed by atoms with Gasteiger partial charge in [0.1, 0.15) is 0 Å². The second kappa shape index (κ2) is 9.72. The molecule has 0 bridgehead atoms. The number of carboxylic acids is 1. The van der Waals surface area contributed by atoms with E-state index in [9.17, 15) is 9.59 Å². The Hall–Kier alpha value is -1.14. The molecule has 0 saturated carbocycles. The number of nitrogens with zero attached hydrogens (tertiary/aromatic N) is 1. The van der Waals surface area contributed by atoms with E-state index in [1.807, 2.05) is 0 Å². The highest BCUT2D eigenvalue weighted by Crippen LogP contribution is 2.20. The van der Waals surface area contributed by atoms with Gasteiger partial charge in [-0.15, -0.1) is 0 Å². The van der Waals surface area contributed by atoms with Crippen LogP contribution in [0.15, 0.2) is 0 Å². The molecule has 0 aromatic rings. The Morgan fingerprint density at radius 1 is 1.40 bits per heavy atom. The van der Waals surface area contributed by atoms with Crippen LogP contribution < -0.4 is 5.32 Å². The minimum Gasteiger partial charge on any atom is -0.481 e. The molecule has 1 fully saturated rings. The fraction of sp³-hybridized carbons (Fsp3) is 0.857. The van der Waals surface area contributed by atoms with E-state index in [4.69, 9.17) is 9.84 Å². The number of likely N-dealkylation sites (tertiary alicyclic amines) is 1. The molecule has 0 spiro atoms. The predicted molar refractivity (Wildman–Crippen MR) is 75.6 cm³/mol. The van der Waals surface area contributed by atoms with Crippen LogP contribution in [0, 0.1) is 0 Å². The van der Waals surface area contributed by atoms with Crippen LogP contribution in [0.1, 0.15) is 38.5 Å². The number of rotatable bonds is 9. The molecule has 1 aliphatic rings. The van der Waals surface area contributed by atoms with Gasteiger partial charge in [0.25, 0.3) is 0 Å². The maximum Gasteiger partial charge on any atom is 0.303 e. The third-order valence-electron chi connectivity index (χ3n) is 3.63. The van der Waals surface area contributed by atoms with Crippen LogP contribution in [0.4, 0.5) is 0 Å². The van der Waals surface area contributed by atoms with Crippen molar-refractivity contribution in [2.45, 2.75) is 44.6 Å². The average molecular weight is 286 g/mol. The first-order valence-electron chi connectivity index (χ1n) is 7.35. The number of nitrogens with one attached hydrogen (secondary N) is 1. The molecule has 6 nitrogen and oxygen atoms in total. The van der Waals surface area contributed by atoms with Crippen molar-refractivity contribution in [1.82, 2.24) is 10.2 Å². The Morgan fingerprint density at radius 3 is 2.90 bits per heavy atom. The van der Waals surface area contributed by atoms with Gasteiger partial charge in [0.15, 0.2) is 0 Å². The maximum absolute atomic E-state index is 11.8. The zero-order valence-electron chi connectivity index (χ0n) is 12.3. The van der Waals surface area contributed by atoms with Crippen molar-refractivity contribution in [2.24, 2.45) is 0 Å². The summed E-state index contributed by atoms with van der Waals surface area (Å²) in [4.78, 5) is 24.6. The second-order valence-electron chi connectivity index (χ2n) is 5.25. The predicted octanol–water partition coefficient (Wildman–Crippen LogP) is 0.858. The van der Waals surface area contributed by atoms with E-state index in [1.54, 1.807) is 7.11 Å². The summed E-state index contributed by atoms with van der Waals surface area (Å²) in [7, 11) is 1.64. The minimum absolute atomic E-state index is 0.0170. The van der Waals surface area contributed by atoms with Crippen LogP contribution in [0.2, 0.25) is 0 Å². The smallest absolute Gasteiger partial charge is 0.303 e. The number of carbonyl (C=O) groups excluding carboxylic acids is 1. The number of methoxy groups -OCH3 is 1. The van der Waals surface area contributed by atoms with Gasteiger partial charge in [0.05, 0.1) is 6.54 Å². The van der Waals surface area contributed by atoms with Crippen molar-refractivity contribution in [3.63, 3.8) is 0 Å². The van der Waals surface area contributed by atoms with Crippen LogP contribution >= 0.6 is 0 Å². The van der Waals surface area contributed by atoms with Crippen molar-refractivity contribution in [3.05, 3.63) is 0 Å². The molecule has 0 aromatic heterocycles. The number of piperidine rings is 1. The number of aliphatic carboxylic acids is 1. The van der Waals surface area contributed by atoms with Gasteiger partial charge in [0.2, 0.25) is 5.91 Å². The molecule has 0 aromatic carbocycles. The summed E-state index contributed by atoms with van der Waals surface area (Å²) in [5, 5.41) is 11.6. The average Bonchev–Trinajstić information content (AvgIpc) is 2.42. The summed E-state index contributed by atoms with van der Waals surface area (Å²) in [6, 6.07) is 0.226. The van der Waals surface area contributed by atoms with Crippen LogP contribution in [-0.2, 0) is 14.3 Å². The highest BCUT2D eigenvalue weighted by molar-refractivity contribution is 5.78. The monoisotopic (exact) mass is 286 g/mol. The number of amides is 1. The number of carbonyl (C=O) groups is 2. The highest BCUT2D eigenvalue weighted by atomic mass is 16.5. The Balaban J connectivity index is 2.30. The first-order chi connectivity index (χ1) is 9.63. The van der Waals surface area contributed by atoms with Crippen molar-refractivity contribution < 1.29 is 19.4 Å². The summed E-state index contributed by atoms with van der Waals surface area (Å²) < 4.78 is 4.93. The zero-order valence-corrected chi connectivity index (χ0v) is 12.3. The molecule has 1 heterocycles. The van der Waals surface area contributed by atoms with Crippen molar-refractivity contribution in [2.75, 3.05) is 33.4 Å². The molecule has 1 saturated heterocycles. The van der Waals surface area contributed by atoms with E-state index in [0.29, 0.717) is 26.1 Å². The molecule has 1 amide bonds. The Bertz CT molecular complexity index is 310. The van der Waals surface area contributed by atoms with Gasteiger partial charge >= 0.3 is 5.97 Å². The molecule has 20 heavy (non-hydrogen) atoms. The Morgan fingerprint density at radius 2 is 2.20 bits per heavy atom. The molecule has 116 valence electrons. The number of ether oxygens (including phenoxy) is 1. The van der Waals surface area contributed by atoms with Gasteiger partial charge in [-0.25, -0.2) is 0 Å². The summed E-state index contributed by atoms with van der Waals surface area (Å²) in [5.41, 5.74) is 0. The lowest BCUT2D eigenvalue weighted by atomic mass is 9.98. The van der Waals surface area contributed by atoms with Crippen molar-refractivity contribution >= 4 is 11.9 Å². The van der Waals surface area contributed by atoms with Crippen LogP contribution in [0.3, 0.4) is 0 Å². The summed E-state index contributed by atoms with van der Waals surface area (Å²) in [6.07, 6.45) is 4.81. The van der Waals surface area contributed by atoms with Gasteiger partial charge < -0.3 is 15.2 Å². The molecule has 1 unspecified atom stereocenters. The van der Waals surface area contributed by atoms with Crippen LogP contribution in [0.25, 0.3) is 0 Å². The van der Waals surface area contributed by atoms with E-state index in [0.717, 1.165) is 32.2 Å². The van der Waals surface area contributed by atoms with Gasteiger partial charge in [-0.1, -0.05) is 6.42 Å². The first kappa shape index (κ1) is 16.9. The summed E-state index contributed by atoms with van der Waals surface area (Å²) in [6.45, 7) is 2.53. The fourth-order valence-electron chi connectivity index (χ4n) is 2.57. The molecule has 6 heteroatoms. The Kier molecular flexibility index (Phi) is 8.22. The SMILES string of the molecule is COCCCNC(=O)CN1CCCCC1CCC(=O)O. The summed E-state index contributed by atoms with van der Waals surface area (Å²) >= 11 is 0. The molecular formula is C14H26N2O4. The molecule has 1 aliphatic heterocycles. The quantitative estimate of drug-likeness (QED) is 0.615. The summed E-state index contributed by atoms with van der Waals surface area (Å²) in [5.74, 6) is -0.747. The number of hydrogen-bond donors (Lipinski definition) is 2. The van der Waals surface area contributed by atoms with Gasteiger partial charge in [0, 0.05) is 32.7 Å². The van der Waals surface area contributed by atoms with Gasteiger partial charge in [-0.2, -0.15) is 0 Å². The third-order valence-corrected chi connectivity index (χ3v) is 3.63. The topological polar surface area (TPSA) is 78.9 Å². The van der Waals surface area contributed by atoms with E-state index < -0.39 is 5.97 Å². The largest absolute Gasteiger partial charge is 0.481 e. The van der Waals surface area contributed by atoms with Crippen LogP contribution in [-0.4, -0.2) is 61.3 Å². The maximum atomic E-state index is 11.8. The molecule has 2 N–H and O–H groups in total. The minimum atomic E-state index is -0.764. The lowest BCUT2D eigenvalue weighted by Crippen LogP contribution is -2.45. The lowest BCUT2D eigenvalue weighted by Gasteiger charge is -2.35. The van der Waals surface area contributed by atoms with Crippen LogP contribution in [0.5, 0.6) is 0 Å². The molecular weight excluding hydrogens is 260 g/mol. The van der Waals surface area contributed by atoms with E-state index in [1.165, 1.54) is 0 Å². The molecule has 1 atom stereocenters. The normalized spacial score (nSPS) is 19.8. The molecule has 1 rings (SSSR count). The Labute approximate surface area is 120 Å². The van der Waals surface area contributed by atoms with Crippen molar-refractivity contribution in [1.29, 1.82) is 0 Å². The van der Waals surface area contributed by atoms with Crippen molar-refractivity contribution in [3.8, 4) is 0 Å². The molecule has 0 radical (unpaired) electrons. The highest BCUT2D eigenvalue weighted by Gasteiger charge is 2.24. The third kappa shape index (κ3) is 6.86. The lowest BCUT2D eigenvalue weighted by molar-refractivity contribution is -0.137. The van der Waals surface area contributed by atoms with E-state index >= 15 is 0 Å². The van der Waals surface area contributed by atoms with E-state index in [2.05, 4.69) is 10.2 Å². The van der Waals surface area contributed by atoms with Gasteiger partial charge in [-0.05, 0) is 32.2 Å². The number of carboxylic acid groups (broad SMARTS) is 1.